The fraction of sp³-hybridized carbons (Fsp3) is 0.688. The van der Waals surface area contributed by atoms with Crippen LogP contribution in [0.3, 0.4) is 0 Å². The number of carboxylic acids is 1. The summed E-state index contributed by atoms with van der Waals surface area (Å²) in [5.41, 5.74) is 0. The lowest BCUT2D eigenvalue weighted by atomic mass is 10.0. The standard InChI is InChI=1S/C14H24O2.C2HF3O2/c1-2-3-4-5-8-11-14(16)12-9-6-7-10-13-15;3-2(4,5)1(6)7/h2,13H,1,3-12H2;(H,6,7). The number of rotatable bonds is 12. The predicted octanol–water partition coefficient (Wildman–Crippen LogP) is 4.47. The molecule has 0 saturated heterocycles. The molecule has 0 aromatic rings. The van der Waals surface area contributed by atoms with Crippen LogP contribution in [0.15, 0.2) is 12.7 Å². The quantitative estimate of drug-likeness (QED) is 0.324. The lowest BCUT2D eigenvalue weighted by molar-refractivity contribution is -0.192. The highest BCUT2D eigenvalue weighted by Gasteiger charge is 2.38. The molecule has 4 nitrogen and oxygen atoms in total. The van der Waals surface area contributed by atoms with Crippen molar-refractivity contribution in [3.8, 4) is 0 Å². The van der Waals surface area contributed by atoms with Crippen LogP contribution in [-0.2, 0) is 14.4 Å². The highest BCUT2D eigenvalue weighted by molar-refractivity contribution is 5.78. The van der Waals surface area contributed by atoms with E-state index in [-0.39, 0.29) is 0 Å². The summed E-state index contributed by atoms with van der Waals surface area (Å²) in [6.07, 6.45) is 7.06. The molecule has 0 heterocycles. The first-order chi connectivity index (χ1) is 10.8. The smallest absolute Gasteiger partial charge is 0.475 e. The van der Waals surface area contributed by atoms with Crippen LogP contribution in [0.4, 0.5) is 13.2 Å². The van der Waals surface area contributed by atoms with Crippen molar-refractivity contribution in [2.24, 2.45) is 0 Å². The van der Waals surface area contributed by atoms with Gasteiger partial charge in [0.25, 0.3) is 0 Å². The van der Waals surface area contributed by atoms with Crippen LogP contribution in [-0.4, -0.2) is 29.3 Å². The van der Waals surface area contributed by atoms with E-state index in [0.29, 0.717) is 18.6 Å². The number of carbonyl (C=O) groups is 3. The maximum atomic E-state index is 11.4. The molecule has 7 heteroatoms. The van der Waals surface area contributed by atoms with E-state index >= 15 is 0 Å². The lowest BCUT2D eigenvalue weighted by Gasteiger charge is -2.00. The predicted molar refractivity (Wildman–Crippen MR) is 81.1 cm³/mol. The molecule has 0 aromatic carbocycles. The van der Waals surface area contributed by atoms with Gasteiger partial charge in [-0.1, -0.05) is 18.9 Å². The van der Waals surface area contributed by atoms with Crippen LogP contribution in [0.5, 0.6) is 0 Å². The number of hydrogen-bond acceptors (Lipinski definition) is 3. The van der Waals surface area contributed by atoms with Gasteiger partial charge < -0.3 is 9.90 Å². The minimum absolute atomic E-state index is 0.379. The molecule has 0 fully saturated rings. The average Bonchev–Trinajstić information content (AvgIpc) is 2.46. The number of alkyl halides is 3. The van der Waals surface area contributed by atoms with Gasteiger partial charge >= 0.3 is 12.1 Å². The van der Waals surface area contributed by atoms with E-state index in [9.17, 15) is 22.8 Å². The third-order valence-corrected chi connectivity index (χ3v) is 2.88. The van der Waals surface area contributed by atoms with Crippen LogP contribution in [0.25, 0.3) is 0 Å². The Morgan fingerprint density at radius 3 is 1.70 bits per heavy atom. The molecule has 23 heavy (non-hydrogen) atoms. The van der Waals surface area contributed by atoms with Gasteiger partial charge in [0.15, 0.2) is 0 Å². The molecule has 0 aliphatic rings. The van der Waals surface area contributed by atoms with E-state index in [1.165, 1.54) is 0 Å². The summed E-state index contributed by atoms with van der Waals surface area (Å²) in [7, 11) is 0. The van der Waals surface area contributed by atoms with E-state index < -0.39 is 12.1 Å². The molecule has 0 aliphatic heterocycles. The van der Waals surface area contributed by atoms with E-state index in [4.69, 9.17) is 9.90 Å². The van der Waals surface area contributed by atoms with Gasteiger partial charge in [0, 0.05) is 19.3 Å². The molecule has 0 saturated carbocycles. The Labute approximate surface area is 134 Å². The zero-order chi connectivity index (χ0) is 18.1. The number of carbonyl (C=O) groups excluding carboxylic acids is 2. The molecular formula is C16H25F3O4. The lowest BCUT2D eigenvalue weighted by Crippen LogP contribution is -2.21. The highest BCUT2D eigenvalue weighted by atomic mass is 19.4. The molecule has 0 unspecified atom stereocenters. The maximum absolute atomic E-state index is 11.4. The van der Waals surface area contributed by atoms with Crippen LogP contribution in [0.2, 0.25) is 0 Å². The highest BCUT2D eigenvalue weighted by Crippen LogP contribution is 2.13. The van der Waals surface area contributed by atoms with E-state index in [0.717, 1.165) is 57.7 Å². The van der Waals surface area contributed by atoms with Gasteiger partial charge in [-0.2, -0.15) is 13.2 Å². The summed E-state index contributed by atoms with van der Waals surface area (Å²) in [5.74, 6) is -2.38. The van der Waals surface area contributed by atoms with Gasteiger partial charge in [-0.05, 0) is 32.1 Å². The molecule has 134 valence electrons. The van der Waals surface area contributed by atoms with Gasteiger partial charge in [0.1, 0.15) is 12.1 Å². The SMILES string of the molecule is C=CCCCCCC(=O)CCCCCC=O.O=C(O)C(F)(F)F. The zero-order valence-corrected chi connectivity index (χ0v) is 13.2. The van der Waals surface area contributed by atoms with Gasteiger partial charge in [-0.25, -0.2) is 4.79 Å². The topological polar surface area (TPSA) is 71.4 Å². The fourth-order valence-electron chi connectivity index (χ4n) is 1.64. The Morgan fingerprint density at radius 1 is 0.913 bits per heavy atom. The molecular weight excluding hydrogens is 313 g/mol. The van der Waals surface area contributed by atoms with Gasteiger partial charge in [0.05, 0.1) is 0 Å². The molecule has 0 rings (SSSR count). The van der Waals surface area contributed by atoms with Crippen LogP contribution >= 0.6 is 0 Å². The number of allylic oxidation sites excluding steroid dienone is 1. The number of unbranched alkanes of at least 4 members (excludes halogenated alkanes) is 6. The van der Waals surface area contributed by atoms with Crippen molar-refractivity contribution in [2.45, 2.75) is 70.4 Å². The number of ketones is 1. The first kappa shape index (κ1) is 23.6. The van der Waals surface area contributed by atoms with E-state index in [1.54, 1.807) is 0 Å². The second-order valence-corrected chi connectivity index (χ2v) is 5.00. The van der Waals surface area contributed by atoms with Crippen molar-refractivity contribution in [3.63, 3.8) is 0 Å². The maximum Gasteiger partial charge on any atom is 0.490 e. The average molecular weight is 338 g/mol. The third kappa shape index (κ3) is 20.3. The monoisotopic (exact) mass is 338 g/mol. The number of aldehydes is 1. The molecule has 0 aliphatic carbocycles. The van der Waals surface area contributed by atoms with E-state index in [1.807, 2.05) is 6.08 Å². The second-order valence-electron chi connectivity index (χ2n) is 5.00. The minimum atomic E-state index is -5.08. The molecule has 0 bridgehead atoms. The van der Waals surface area contributed by atoms with Crippen molar-refractivity contribution in [1.29, 1.82) is 0 Å². The van der Waals surface area contributed by atoms with Crippen molar-refractivity contribution >= 4 is 18.0 Å². The molecule has 0 aromatic heterocycles. The summed E-state index contributed by atoms with van der Waals surface area (Å²) < 4.78 is 31.7. The number of aliphatic carboxylic acids is 1. The molecule has 0 amide bonds. The zero-order valence-electron chi connectivity index (χ0n) is 13.2. The Kier molecular flexibility index (Phi) is 15.6. The Hall–Kier alpha value is -1.66. The normalized spacial score (nSPS) is 10.4. The number of Topliss-reactive ketones (excluding diaryl/α,β-unsaturated/α-hetero) is 1. The first-order valence-electron chi connectivity index (χ1n) is 7.62. The van der Waals surface area contributed by atoms with Gasteiger partial charge in [-0.15, -0.1) is 6.58 Å². The van der Waals surface area contributed by atoms with Gasteiger partial charge in [-0.3, -0.25) is 4.79 Å². The summed E-state index contributed by atoms with van der Waals surface area (Å²) in [5, 5.41) is 7.12. The first-order valence-corrected chi connectivity index (χ1v) is 7.62. The van der Waals surface area contributed by atoms with Crippen molar-refractivity contribution in [1.82, 2.24) is 0 Å². The minimum Gasteiger partial charge on any atom is -0.475 e. The molecule has 1 N–H and O–H groups in total. The van der Waals surface area contributed by atoms with Gasteiger partial charge in [0.2, 0.25) is 0 Å². The number of carboxylic acid groups (broad SMARTS) is 1. The Morgan fingerprint density at radius 2 is 1.35 bits per heavy atom. The summed E-state index contributed by atoms with van der Waals surface area (Å²) in [6, 6.07) is 0. The summed E-state index contributed by atoms with van der Waals surface area (Å²) >= 11 is 0. The second kappa shape index (κ2) is 15.2. The number of hydrogen-bond donors (Lipinski definition) is 1. The number of halogens is 3. The van der Waals surface area contributed by atoms with E-state index in [2.05, 4.69) is 6.58 Å². The van der Waals surface area contributed by atoms with Crippen LogP contribution in [0, 0.1) is 0 Å². The van der Waals surface area contributed by atoms with Crippen molar-refractivity contribution < 1.29 is 32.7 Å². The molecule has 0 spiro atoms. The summed E-state index contributed by atoms with van der Waals surface area (Å²) in [4.78, 5) is 30.4. The van der Waals surface area contributed by atoms with Crippen molar-refractivity contribution in [3.05, 3.63) is 12.7 Å². The Bertz CT molecular complexity index is 332. The molecule has 0 atom stereocenters. The van der Waals surface area contributed by atoms with Crippen molar-refractivity contribution in [2.75, 3.05) is 0 Å². The third-order valence-electron chi connectivity index (χ3n) is 2.88. The molecule has 0 radical (unpaired) electrons. The van der Waals surface area contributed by atoms with Crippen LogP contribution < -0.4 is 0 Å². The fourth-order valence-corrected chi connectivity index (χ4v) is 1.64. The Balaban J connectivity index is 0. The summed E-state index contributed by atoms with van der Waals surface area (Å²) in [6.45, 7) is 3.67. The van der Waals surface area contributed by atoms with Crippen LogP contribution in [0.1, 0.15) is 64.2 Å². The largest absolute Gasteiger partial charge is 0.490 e.